The van der Waals surface area contributed by atoms with E-state index < -0.39 is 0 Å². The van der Waals surface area contributed by atoms with Gasteiger partial charge in [0.2, 0.25) is 0 Å². The van der Waals surface area contributed by atoms with Gasteiger partial charge in [0, 0.05) is 27.5 Å². The van der Waals surface area contributed by atoms with E-state index in [1.54, 1.807) is 48.5 Å². The lowest BCUT2D eigenvalue weighted by atomic mass is 9.92. The molecule has 0 fully saturated rings. The van der Waals surface area contributed by atoms with Crippen LogP contribution >= 0.6 is 0 Å². The highest BCUT2D eigenvalue weighted by Gasteiger charge is 2.24. The summed E-state index contributed by atoms with van der Waals surface area (Å²) in [4.78, 5) is 0. The Hall–Kier alpha value is -4.44. The number of phenols is 3. The summed E-state index contributed by atoms with van der Waals surface area (Å²) in [5.74, 6) is 1.04. The molecule has 4 heteroatoms. The van der Waals surface area contributed by atoms with E-state index in [9.17, 15) is 15.3 Å². The number of fused-ring (bicyclic) bond motifs is 6. The summed E-state index contributed by atoms with van der Waals surface area (Å²) in [5.41, 5.74) is 2.83. The first kappa shape index (κ1) is 18.3. The second-order valence-electron chi connectivity index (χ2n) is 7.85. The van der Waals surface area contributed by atoms with Crippen molar-refractivity contribution in [3.63, 3.8) is 0 Å². The Morgan fingerprint density at radius 3 is 2.00 bits per heavy atom. The lowest BCUT2D eigenvalue weighted by Crippen LogP contribution is -1.85. The number of aromatic hydroxyl groups is 3. The minimum atomic E-state index is 0.136. The molecule has 0 aliphatic carbocycles. The average molecular weight is 418 g/mol. The molecule has 0 aliphatic heterocycles. The average Bonchev–Trinajstić information content (AvgIpc) is 3.21. The van der Waals surface area contributed by atoms with E-state index >= 15 is 0 Å². The number of hydrogen-bond acceptors (Lipinski definition) is 4. The first-order valence-corrected chi connectivity index (χ1v) is 10.3. The number of benzene rings is 5. The van der Waals surface area contributed by atoms with Crippen LogP contribution in [0.4, 0.5) is 0 Å². The molecular weight excluding hydrogens is 400 g/mol. The monoisotopic (exact) mass is 418 g/mol. The molecule has 3 N–H and O–H groups in total. The van der Waals surface area contributed by atoms with Gasteiger partial charge in [0.05, 0.1) is 0 Å². The van der Waals surface area contributed by atoms with Gasteiger partial charge in [-0.3, -0.25) is 0 Å². The molecule has 0 atom stereocenters. The van der Waals surface area contributed by atoms with E-state index in [1.807, 2.05) is 42.5 Å². The standard InChI is InChI=1S/C28H18O4/c29-17-11-9-16(10-12-17)27-25(22-7-3-4-8-24(22)31)26-23-15-18(30)13-14-20(23)19-5-1-2-6-21(19)28(26)32-27/h1-15,29-31H. The third-order valence-corrected chi connectivity index (χ3v) is 5.95. The first-order chi connectivity index (χ1) is 15.6. The molecule has 0 amide bonds. The predicted molar refractivity (Wildman–Crippen MR) is 127 cm³/mol. The topological polar surface area (TPSA) is 73.8 Å². The molecular formula is C28H18O4. The summed E-state index contributed by atoms with van der Waals surface area (Å²) in [7, 11) is 0. The second-order valence-corrected chi connectivity index (χ2v) is 7.85. The van der Waals surface area contributed by atoms with Gasteiger partial charge in [0.25, 0.3) is 0 Å². The molecule has 154 valence electrons. The van der Waals surface area contributed by atoms with Crippen LogP contribution < -0.4 is 0 Å². The molecule has 6 rings (SSSR count). The highest BCUT2D eigenvalue weighted by molar-refractivity contribution is 6.28. The van der Waals surface area contributed by atoms with E-state index in [2.05, 4.69) is 0 Å². The highest BCUT2D eigenvalue weighted by atomic mass is 16.3. The fraction of sp³-hybridized carbons (Fsp3) is 0. The Morgan fingerprint density at radius 2 is 1.22 bits per heavy atom. The molecule has 32 heavy (non-hydrogen) atoms. The molecule has 0 saturated carbocycles. The molecule has 0 saturated heterocycles. The number of phenolic OH excluding ortho intramolecular Hbond substituents is 3. The summed E-state index contributed by atoms with van der Waals surface area (Å²) in [6.45, 7) is 0. The largest absolute Gasteiger partial charge is 0.508 e. The zero-order chi connectivity index (χ0) is 21.8. The van der Waals surface area contributed by atoms with Gasteiger partial charge in [0.1, 0.15) is 28.6 Å². The van der Waals surface area contributed by atoms with Crippen molar-refractivity contribution in [2.45, 2.75) is 0 Å². The molecule has 0 bridgehead atoms. The third-order valence-electron chi connectivity index (χ3n) is 5.95. The Bertz CT molecular complexity index is 1640. The van der Waals surface area contributed by atoms with Crippen molar-refractivity contribution in [1.82, 2.24) is 0 Å². The smallest absolute Gasteiger partial charge is 0.143 e. The zero-order valence-corrected chi connectivity index (χ0v) is 16.9. The van der Waals surface area contributed by atoms with Crippen LogP contribution in [-0.2, 0) is 0 Å². The Balaban J connectivity index is 1.89. The van der Waals surface area contributed by atoms with Crippen molar-refractivity contribution in [1.29, 1.82) is 0 Å². The van der Waals surface area contributed by atoms with Crippen LogP contribution in [0, 0.1) is 0 Å². The number of rotatable bonds is 2. The van der Waals surface area contributed by atoms with Gasteiger partial charge in [-0.1, -0.05) is 48.5 Å². The lowest BCUT2D eigenvalue weighted by molar-refractivity contribution is 0.475. The normalized spacial score (nSPS) is 11.5. The molecule has 0 spiro atoms. The van der Waals surface area contributed by atoms with Gasteiger partial charge in [-0.05, 0) is 58.6 Å². The van der Waals surface area contributed by atoms with Crippen LogP contribution in [0.5, 0.6) is 17.2 Å². The van der Waals surface area contributed by atoms with Crippen molar-refractivity contribution in [3.8, 4) is 39.7 Å². The van der Waals surface area contributed by atoms with Crippen LogP contribution in [0.1, 0.15) is 0 Å². The van der Waals surface area contributed by atoms with Crippen molar-refractivity contribution < 1.29 is 19.7 Å². The lowest BCUT2D eigenvalue weighted by Gasteiger charge is -2.10. The number of para-hydroxylation sites is 1. The SMILES string of the molecule is Oc1ccc(-c2oc3c4ccccc4c4ccc(O)cc4c3c2-c2ccccc2O)cc1. The maximum atomic E-state index is 10.8. The number of hydrogen-bond donors (Lipinski definition) is 3. The van der Waals surface area contributed by atoms with Crippen molar-refractivity contribution in [3.05, 3.63) is 91.0 Å². The molecule has 0 radical (unpaired) electrons. The van der Waals surface area contributed by atoms with E-state index in [0.29, 0.717) is 16.9 Å². The zero-order valence-electron chi connectivity index (χ0n) is 16.9. The van der Waals surface area contributed by atoms with Crippen LogP contribution in [0.3, 0.4) is 0 Å². The van der Waals surface area contributed by atoms with Gasteiger partial charge in [-0.25, -0.2) is 0 Å². The van der Waals surface area contributed by atoms with Gasteiger partial charge >= 0.3 is 0 Å². The van der Waals surface area contributed by atoms with Crippen molar-refractivity contribution in [2.24, 2.45) is 0 Å². The van der Waals surface area contributed by atoms with Crippen LogP contribution in [0.25, 0.3) is 55.0 Å². The fourth-order valence-corrected chi connectivity index (χ4v) is 4.53. The second kappa shape index (κ2) is 6.79. The summed E-state index contributed by atoms with van der Waals surface area (Å²) in [5, 5.41) is 35.5. The van der Waals surface area contributed by atoms with Crippen LogP contribution in [0.2, 0.25) is 0 Å². The van der Waals surface area contributed by atoms with Gasteiger partial charge in [-0.15, -0.1) is 0 Å². The van der Waals surface area contributed by atoms with E-state index in [-0.39, 0.29) is 17.2 Å². The number of furan rings is 1. The molecule has 0 unspecified atom stereocenters. The van der Waals surface area contributed by atoms with Crippen LogP contribution in [-0.4, -0.2) is 15.3 Å². The Labute approximate surface area is 183 Å². The summed E-state index contributed by atoms with van der Waals surface area (Å²) in [6.07, 6.45) is 0. The molecule has 6 aromatic rings. The molecule has 1 aromatic heterocycles. The summed E-state index contributed by atoms with van der Waals surface area (Å²) in [6, 6.07) is 27.3. The Kier molecular flexibility index (Phi) is 3.89. The van der Waals surface area contributed by atoms with E-state index in [1.165, 1.54) is 0 Å². The van der Waals surface area contributed by atoms with E-state index in [4.69, 9.17) is 4.42 Å². The molecule has 5 aromatic carbocycles. The first-order valence-electron chi connectivity index (χ1n) is 10.3. The summed E-state index contributed by atoms with van der Waals surface area (Å²) >= 11 is 0. The van der Waals surface area contributed by atoms with Crippen molar-refractivity contribution in [2.75, 3.05) is 0 Å². The van der Waals surface area contributed by atoms with Gasteiger partial charge in [0.15, 0.2) is 0 Å². The fourth-order valence-electron chi connectivity index (χ4n) is 4.53. The minimum absolute atomic E-state index is 0.136. The molecule has 0 aliphatic rings. The highest BCUT2D eigenvalue weighted by Crippen LogP contribution is 2.49. The quantitative estimate of drug-likeness (QED) is 0.260. The van der Waals surface area contributed by atoms with Gasteiger partial charge < -0.3 is 19.7 Å². The Morgan fingerprint density at radius 1 is 0.562 bits per heavy atom. The van der Waals surface area contributed by atoms with E-state index in [0.717, 1.165) is 38.1 Å². The minimum Gasteiger partial charge on any atom is -0.508 e. The van der Waals surface area contributed by atoms with Gasteiger partial charge in [-0.2, -0.15) is 0 Å². The maximum Gasteiger partial charge on any atom is 0.143 e. The summed E-state index contributed by atoms with van der Waals surface area (Å²) < 4.78 is 6.52. The predicted octanol–water partition coefficient (Wildman–Crippen LogP) is 7.19. The maximum absolute atomic E-state index is 10.8. The third kappa shape index (κ3) is 2.63. The molecule has 4 nitrogen and oxygen atoms in total. The van der Waals surface area contributed by atoms with Crippen molar-refractivity contribution >= 4 is 32.5 Å². The molecule has 1 heterocycles. The van der Waals surface area contributed by atoms with Crippen LogP contribution in [0.15, 0.2) is 95.4 Å².